The molecule has 0 amide bonds. The summed E-state index contributed by atoms with van der Waals surface area (Å²) in [4.78, 5) is 0. The summed E-state index contributed by atoms with van der Waals surface area (Å²) in [5.74, 6) is 2.02. The summed E-state index contributed by atoms with van der Waals surface area (Å²) in [6.45, 7) is 6.74. The Bertz CT molecular complexity index is 791. The summed E-state index contributed by atoms with van der Waals surface area (Å²) in [5.41, 5.74) is 4.59. The Balaban J connectivity index is 1.69. The van der Waals surface area contributed by atoms with E-state index >= 15 is 0 Å². The maximum atomic E-state index is 5.88. The summed E-state index contributed by atoms with van der Waals surface area (Å²) < 4.78 is 11.4. The maximum Gasteiger partial charge on any atom is 0.247 e. The lowest BCUT2D eigenvalue weighted by atomic mass is 10.1. The molecule has 0 atom stereocenters. The van der Waals surface area contributed by atoms with Crippen LogP contribution in [-0.2, 0) is 13.0 Å². The molecule has 3 rings (SSSR count). The fourth-order valence-electron chi connectivity index (χ4n) is 2.32. The predicted octanol–water partition coefficient (Wildman–Crippen LogP) is 4.49. The number of aryl methyl sites for hydroxylation is 3. The van der Waals surface area contributed by atoms with Crippen LogP contribution in [0.1, 0.15) is 29.5 Å². The van der Waals surface area contributed by atoms with Crippen LogP contribution >= 0.6 is 0 Å². The molecular weight excluding hydrogens is 288 g/mol. The highest BCUT2D eigenvalue weighted by atomic mass is 16.5. The molecule has 0 unspecified atom stereocenters. The molecule has 0 saturated heterocycles. The summed E-state index contributed by atoms with van der Waals surface area (Å²) in [7, 11) is 0. The van der Waals surface area contributed by atoms with Gasteiger partial charge in [-0.05, 0) is 49.2 Å². The molecule has 2 aromatic carbocycles. The third-order valence-corrected chi connectivity index (χ3v) is 3.77. The quantitative estimate of drug-likeness (QED) is 0.696. The van der Waals surface area contributed by atoms with Crippen molar-refractivity contribution in [1.82, 2.24) is 10.2 Å². The van der Waals surface area contributed by atoms with Crippen molar-refractivity contribution in [2.45, 2.75) is 33.8 Å². The molecule has 0 aliphatic carbocycles. The normalized spacial score (nSPS) is 10.7. The topological polar surface area (TPSA) is 48.2 Å². The molecule has 0 aliphatic rings. The number of nitrogens with zero attached hydrogens (tertiary/aromatic N) is 2. The molecule has 0 saturated carbocycles. The number of aromatic nitrogens is 2. The molecule has 0 N–H and O–H groups in total. The van der Waals surface area contributed by atoms with Gasteiger partial charge in [0.05, 0.1) is 0 Å². The molecule has 0 aliphatic heterocycles. The monoisotopic (exact) mass is 308 g/mol. The Morgan fingerprint density at radius 2 is 1.78 bits per heavy atom. The minimum atomic E-state index is 0.544. The highest BCUT2D eigenvalue weighted by molar-refractivity contribution is 5.54. The summed E-state index contributed by atoms with van der Waals surface area (Å²) >= 11 is 0. The lowest BCUT2D eigenvalue weighted by Crippen LogP contribution is -1.98. The summed E-state index contributed by atoms with van der Waals surface area (Å²) in [6, 6.07) is 14.1. The Labute approximate surface area is 136 Å². The number of hydrogen-bond acceptors (Lipinski definition) is 4. The zero-order valence-corrected chi connectivity index (χ0v) is 13.7. The average molecular weight is 308 g/mol. The van der Waals surface area contributed by atoms with E-state index in [1.807, 2.05) is 31.2 Å². The third kappa shape index (κ3) is 3.59. The van der Waals surface area contributed by atoms with Crippen LogP contribution in [0.5, 0.6) is 5.75 Å². The molecule has 4 heteroatoms. The van der Waals surface area contributed by atoms with Crippen molar-refractivity contribution in [2.75, 3.05) is 0 Å². The molecule has 0 radical (unpaired) electrons. The van der Waals surface area contributed by atoms with E-state index in [0.29, 0.717) is 18.4 Å². The van der Waals surface area contributed by atoms with Crippen molar-refractivity contribution < 1.29 is 9.15 Å². The van der Waals surface area contributed by atoms with Gasteiger partial charge in [0.2, 0.25) is 11.8 Å². The molecule has 0 fully saturated rings. The van der Waals surface area contributed by atoms with Crippen molar-refractivity contribution in [2.24, 2.45) is 0 Å². The second-order valence-electron chi connectivity index (χ2n) is 5.60. The third-order valence-electron chi connectivity index (χ3n) is 3.77. The number of benzene rings is 2. The van der Waals surface area contributed by atoms with Crippen molar-refractivity contribution in [3.8, 4) is 17.2 Å². The van der Waals surface area contributed by atoms with Crippen LogP contribution in [-0.4, -0.2) is 10.2 Å². The van der Waals surface area contributed by atoms with Crippen molar-refractivity contribution in [1.29, 1.82) is 0 Å². The van der Waals surface area contributed by atoms with Gasteiger partial charge in [0, 0.05) is 12.0 Å². The lowest BCUT2D eigenvalue weighted by molar-refractivity contribution is 0.305. The first kappa shape index (κ1) is 15.3. The van der Waals surface area contributed by atoms with Crippen molar-refractivity contribution in [3.05, 3.63) is 65.0 Å². The predicted molar refractivity (Wildman–Crippen MR) is 89.4 cm³/mol. The Hall–Kier alpha value is -2.62. The molecule has 4 nitrogen and oxygen atoms in total. The molecule has 1 heterocycles. The SMILES string of the molecule is CCc1nnc(-c2ccc(OCc3cc(C)ccc3C)cc2)o1. The van der Waals surface area contributed by atoms with Gasteiger partial charge >= 0.3 is 0 Å². The van der Waals surface area contributed by atoms with Crippen LogP contribution in [0.25, 0.3) is 11.5 Å². The van der Waals surface area contributed by atoms with E-state index in [1.54, 1.807) is 0 Å². The first-order chi connectivity index (χ1) is 11.2. The van der Waals surface area contributed by atoms with E-state index < -0.39 is 0 Å². The van der Waals surface area contributed by atoms with Gasteiger partial charge in [-0.1, -0.05) is 30.7 Å². The molecule has 3 aromatic rings. The zero-order valence-electron chi connectivity index (χ0n) is 13.7. The van der Waals surface area contributed by atoms with Gasteiger partial charge in [0.25, 0.3) is 0 Å². The van der Waals surface area contributed by atoms with Gasteiger partial charge in [-0.2, -0.15) is 0 Å². The fraction of sp³-hybridized carbons (Fsp3) is 0.263. The highest BCUT2D eigenvalue weighted by Crippen LogP contribution is 2.22. The zero-order chi connectivity index (χ0) is 16.2. The van der Waals surface area contributed by atoms with E-state index in [-0.39, 0.29) is 0 Å². The van der Waals surface area contributed by atoms with Gasteiger partial charge in [-0.3, -0.25) is 0 Å². The van der Waals surface area contributed by atoms with Gasteiger partial charge in [0.15, 0.2) is 0 Å². The van der Waals surface area contributed by atoms with Crippen LogP contribution < -0.4 is 4.74 Å². The molecule has 23 heavy (non-hydrogen) atoms. The van der Waals surface area contributed by atoms with E-state index in [9.17, 15) is 0 Å². The summed E-state index contributed by atoms with van der Waals surface area (Å²) in [6.07, 6.45) is 0.740. The Kier molecular flexibility index (Phi) is 4.42. The van der Waals surface area contributed by atoms with Crippen molar-refractivity contribution in [3.63, 3.8) is 0 Å². The van der Waals surface area contributed by atoms with Gasteiger partial charge in [-0.25, -0.2) is 0 Å². The molecule has 0 spiro atoms. The molecule has 1 aromatic heterocycles. The van der Waals surface area contributed by atoms with Gasteiger partial charge in [0.1, 0.15) is 12.4 Å². The smallest absolute Gasteiger partial charge is 0.247 e. The maximum absolute atomic E-state index is 5.88. The van der Waals surface area contributed by atoms with Crippen LogP contribution in [0.15, 0.2) is 46.9 Å². The average Bonchev–Trinajstić information content (AvgIpc) is 3.05. The minimum Gasteiger partial charge on any atom is -0.489 e. The first-order valence-electron chi connectivity index (χ1n) is 7.77. The van der Waals surface area contributed by atoms with Gasteiger partial charge in [-0.15, -0.1) is 10.2 Å². The Morgan fingerprint density at radius 3 is 2.48 bits per heavy atom. The fourth-order valence-corrected chi connectivity index (χ4v) is 2.32. The van der Waals surface area contributed by atoms with Crippen LogP contribution in [0.2, 0.25) is 0 Å². The van der Waals surface area contributed by atoms with Crippen LogP contribution in [0.4, 0.5) is 0 Å². The summed E-state index contributed by atoms with van der Waals surface area (Å²) in [5, 5.41) is 8.02. The number of hydrogen-bond donors (Lipinski definition) is 0. The van der Waals surface area contributed by atoms with Crippen LogP contribution in [0.3, 0.4) is 0 Å². The highest BCUT2D eigenvalue weighted by Gasteiger charge is 2.07. The van der Waals surface area contributed by atoms with Gasteiger partial charge < -0.3 is 9.15 Å². The standard InChI is InChI=1S/C19H20N2O2/c1-4-18-20-21-19(23-18)15-7-9-17(10-8-15)22-12-16-11-13(2)5-6-14(16)3/h5-11H,4,12H2,1-3H3. The van der Waals surface area contributed by atoms with E-state index in [0.717, 1.165) is 17.7 Å². The minimum absolute atomic E-state index is 0.544. The number of ether oxygens (including phenoxy) is 1. The van der Waals surface area contributed by atoms with Crippen molar-refractivity contribution >= 4 is 0 Å². The van der Waals surface area contributed by atoms with E-state index in [2.05, 4.69) is 42.2 Å². The second kappa shape index (κ2) is 6.65. The lowest BCUT2D eigenvalue weighted by Gasteiger charge is -2.10. The van der Waals surface area contributed by atoms with E-state index in [1.165, 1.54) is 16.7 Å². The molecule has 0 bridgehead atoms. The molecule has 118 valence electrons. The molecular formula is C19H20N2O2. The number of rotatable bonds is 5. The van der Waals surface area contributed by atoms with E-state index in [4.69, 9.17) is 9.15 Å². The van der Waals surface area contributed by atoms with Crippen LogP contribution in [0, 0.1) is 13.8 Å². The second-order valence-corrected chi connectivity index (χ2v) is 5.60. The largest absolute Gasteiger partial charge is 0.489 e. The Morgan fingerprint density at radius 1 is 1.00 bits per heavy atom. The first-order valence-corrected chi connectivity index (χ1v) is 7.77.